The zero-order valence-electron chi connectivity index (χ0n) is 11.3. The summed E-state index contributed by atoms with van der Waals surface area (Å²) in [6.07, 6.45) is 1.76. The number of nitrogens with zero attached hydrogens (tertiary/aromatic N) is 5. The lowest BCUT2D eigenvalue weighted by molar-refractivity contribution is 0.266. The van der Waals surface area contributed by atoms with Crippen molar-refractivity contribution in [2.75, 3.05) is 32.1 Å². The predicted molar refractivity (Wildman–Crippen MR) is 75.5 cm³/mol. The van der Waals surface area contributed by atoms with Crippen LogP contribution in [0.1, 0.15) is 6.92 Å². The number of hydrogen-bond donors (Lipinski definition) is 1. The Morgan fingerprint density at radius 1 is 1.37 bits per heavy atom. The largest absolute Gasteiger partial charge is 0.354 e. The van der Waals surface area contributed by atoms with Crippen LogP contribution in [0.5, 0.6) is 0 Å². The Hall–Kier alpha value is -1.40. The van der Waals surface area contributed by atoms with Crippen molar-refractivity contribution in [3.63, 3.8) is 0 Å². The van der Waals surface area contributed by atoms with E-state index >= 15 is 0 Å². The molecule has 102 valence electrons. The van der Waals surface area contributed by atoms with Gasteiger partial charge < -0.3 is 9.80 Å². The van der Waals surface area contributed by atoms with Crippen molar-refractivity contribution in [2.24, 2.45) is 5.92 Å². The van der Waals surface area contributed by atoms with E-state index in [1.165, 1.54) is 0 Å². The van der Waals surface area contributed by atoms with Crippen molar-refractivity contribution in [1.29, 1.82) is 0 Å². The predicted octanol–water partition coefficient (Wildman–Crippen LogP) is 1.39. The van der Waals surface area contributed by atoms with Gasteiger partial charge in [0.1, 0.15) is 5.82 Å². The summed E-state index contributed by atoms with van der Waals surface area (Å²) >= 11 is 5.99. The highest BCUT2D eigenvalue weighted by Crippen LogP contribution is 2.29. The van der Waals surface area contributed by atoms with E-state index in [1.807, 2.05) is 0 Å². The van der Waals surface area contributed by atoms with Gasteiger partial charge in [0.2, 0.25) is 5.28 Å². The first-order valence-corrected chi connectivity index (χ1v) is 6.72. The minimum absolute atomic E-state index is 0.257. The normalized spacial score (nSPS) is 23.7. The van der Waals surface area contributed by atoms with E-state index in [2.05, 4.69) is 51.0 Å². The van der Waals surface area contributed by atoms with Gasteiger partial charge in [-0.1, -0.05) is 6.92 Å². The van der Waals surface area contributed by atoms with E-state index in [4.69, 9.17) is 11.6 Å². The first-order valence-electron chi connectivity index (χ1n) is 6.34. The fourth-order valence-corrected chi connectivity index (χ4v) is 2.99. The molecule has 2 aromatic rings. The number of aromatic nitrogens is 4. The van der Waals surface area contributed by atoms with Gasteiger partial charge in [-0.3, -0.25) is 5.10 Å². The van der Waals surface area contributed by atoms with Crippen LogP contribution in [0.25, 0.3) is 11.0 Å². The van der Waals surface area contributed by atoms with Gasteiger partial charge in [-0.05, 0) is 31.6 Å². The summed E-state index contributed by atoms with van der Waals surface area (Å²) in [5, 5.41) is 8.06. The molecule has 19 heavy (non-hydrogen) atoms. The molecular formula is C12H17ClN6. The first-order chi connectivity index (χ1) is 9.06. The molecule has 0 radical (unpaired) electrons. The summed E-state index contributed by atoms with van der Waals surface area (Å²) in [4.78, 5) is 13.1. The maximum atomic E-state index is 5.99. The molecular weight excluding hydrogens is 264 g/mol. The van der Waals surface area contributed by atoms with Crippen LogP contribution in [0.15, 0.2) is 6.20 Å². The average molecular weight is 281 g/mol. The van der Waals surface area contributed by atoms with Gasteiger partial charge >= 0.3 is 0 Å². The molecule has 0 bridgehead atoms. The number of aromatic amines is 1. The Morgan fingerprint density at radius 2 is 2.16 bits per heavy atom. The van der Waals surface area contributed by atoms with Crippen LogP contribution < -0.4 is 4.90 Å². The standard InChI is InChI=1S/C12H17ClN6/c1-7-5-19(6-9(7)18(2)3)11-8-4-14-17-10(8)15-12(13)16-11/h4,7,9H,5-6H2,1-3H3,(H,14,15,16,17). The summed E-state index contributed by atoms with van der Waals surface area (Å²) in [5.41, 5.74) is 0.691. The van der Waals surface area contributed by atoms with E-state index in [1.54, 1.807) is 6.20 Å². The van der Waals surface area contributed by atoms with Crippen LogP contribution in [0.2, 0.25) is 5.28 Å². The second kappa shape index (κ2) is 4.61. The molecule has 2 unspecified atom stereocenters. The van der Waals surface area contributed by atoms with Crippen LogP contribution >= 0.6 is 11.6 Å². The summed E-state index contributed by atoms with van der Waals surface area (Å²) in [7, 11) is 4.23. The molecule has 2 aromatic heterocycles. The molecule has 1 fully saturated rings. The highest BCUT2D eigenvalue weighted by atomic mass is 35.5. The molecule has 1 N–H and O–H groups in total. The summed E-state index contributed by atoms with van der Waals surface area (Å²) in [6.45, 7) is 4.18. The second-order valence-electron chi connectivity index (χ2n) is 5.36. The third-order valence-electron chi connectivity index (χ3n) is 3.80. The zero-order chi connectivity index (χ0) is 13.6. The Kier molecular flexibility index (Phi) is 3.06. The number of fused-ring (bicyclic) bond motifs is 1. The fraction of sp³-hybridized carbons (Fsp3) is 0.583. The number of hydrogen-bond acceptors (Lipinski definition) is 5. The van der Waals surface area contributed by atoms with Crippen molar-refractivity contribution in [1.82, 2.24) is 25.1 Å². The van der Waals surface area contributed by atoms with Gasteiger partial charge in [0.15, 0.2) is 5.65 Å². The maximum Gasteiger partial charge on any atom is 0.226 e. The molecule has 0 aromatic carbocycles. The smallest absolute Gasteiger partial charge is 0.226 e. The van der Waals surface area contributed by atoms with Crippen molar-refractivity contribution in [3.05, 3.63) is 11.5 Å². The van der Waals surface area contributed by atoms with E-state index in [-0.39, 0.29) is 5.28 Å². The van der Waals surface area contributed by atoms with Crippen LogP contribution in [0.4, 0.5) is 5.82 Å². The highest BCUT2D eigenvalue weighted by molar-refractivity contribution is 6.28. The quantitative estimate of drug-likeness (QED) is 0.843. The van der Waals surface area contributed by atoms with Gasteiger partial charge in [0.25, 0.3) is 0 Å². The Morgan fingerprint density at radius 3 is 2.84 bits per heavy atom. The Balaban J connectivity index is 1.99. The topological polar surface area (TPSA) is 60.9 Å². The second-order valence-corrected chi connectivity index (χ2v) is 5.70. The Bertz CT molecular complexity index is 595. The van der Waals surface area contributed by atoms with Crippen LogP contribution in [-0.2, 0) is 0 Å². The molecule has 1 aliphatic rings. The Labute approximate surface area is 116 Å². The number of rotatable bonds is 2. The molecule has 7 heteroatoms. The van der Waals surface area contributed by atoms with Gasteiger partial charge in [0.05, 0.1) is 11.6 Å². The summed E-state index contributed by atoms with van der Waals surface area (Å²) < 4.78 is 0. The van der Waals surface area contributed by atoms with Gasteiger partial charge in [0, 0.05) is 19.1 Å². The summed E-state index contributed by atoms with van der Waals surface area (Å²) in [5.74, 6) is 1.46. The fourth-order valence-electron chi connectivity index (χ4n) is 2.83. The van der Waals surface area contributed by atoms with Crippen molar-refractivity contribution >= 4 is 28.5 Å². The van der Waals surface area contributed by atoms with Gasteiger partial charge in [-0.25, -0.2) is 0 Å². The molecule has 3 heterocycles. The molecule has 0 amide bonds. The number of halogens is 1. The van der Waals surface area contributed by atoms with Crippen LogP contribution in [0.3, 0.4) is 0 Å². The van der Waals surface area contributed by atoms with Crippen LogP contribution in [0, 0.1) is 5.92 Å². The van der Waals surface area contributed by atoms with E-state index in [0.717, 1.165) is 24.3 Å². The molecule has 3 rings (SSSR count). The molecule has 1 aliphatic heterocycles. The monoisotopic (exact) mass is 280 g/mol. The lowest BCUT2D eigenvalue weighted by Gasteiger charge is -2.22. The van der Waals surface area contributed by atoms with Crippen LogP contribution in [-0.4, -0.2) is 58.3 Å². The lowest BCUT2D eigenvalue weighted by atomic mass is 10.1. The molecule has 1 saturated heterocycles. The van der Waals surface area contributed by atoms with E-state index < -0.39 is 0 Å². The average Bonchev–Trinajstić information content (AvgIpc) is 2.93. The molecule has 2 atom stereocenters. The number of nitrogens with one attached hydrogen (secondary N) is 1. The number of H-pyrrole nitrogens is 1. The van der Waals surface area contributed by atoms with Crippen molar-refractivity contribution in [2.45, 2.75) is 13.0 Å². The van der Waals surface area contributed by atoms with Crippen molar-refractivity contribution in [3.8, 4) is 0 Å². The third kappa shape index (κ3) is 2.15. The van der Waals surface area contributed by atoms with Gasteiger partial charge in [-0.15, -0.1) is 0 Å². The number of likely N-dealkylation sites (N-methyl/N-ethyl adjacent to an activating group) is 1. The van der Waals surface area contributed by atoms with Gasteiger partial charge in [-0.2, -0.15) is 15.1 Å². The van der Waals surface area contributed by atoms with Crippen molar-refractivity contribution < 1.29 is 0 Å². The minimum atomic E-state index is 0.257. The number of anilines is 1. The molecule has 6 nitrogen and oxygen atoms in total. The zero-order valence-corrected chi connectivity index (χ0v) is 12.0. The molecule has 0 aliphatic carbocycles. The molecule has 0 spiro atoms. The summed E-state index contributed by atoms with van der Waals surface area (Å²) in [6, 6.07) is 0.524. The SMILES string of the molecule is CC1CN(c2nc(Cl)nc3[nH]ncc23)CC1N(C)C. The highest BCUT2D eigenvalue weighted by Gasteiger charge is 2.32. The first kappa shape index (κ1) is 12.6. The van der Waals surface area contributed by atoms with E-state index in [0.29, 0.717) is 17.6 Å². The maximum absolute atomic E-state index is 5.99. The van der Waals surface area contributed by atoms with E-state index in [9.17, 15) is 0 Å². The lowest BCUT2D eigenvalue weighted by Crippen LogP contribution is -2.34. The minimum Gasteiger partial charge on any atom is -0.354 e. The third-order valence-corrected chi connectivity index (χ3v) is 3.97. The molecule has 0 saturated carbocycles.